The van der Waals surface area contributed by atoms with Gasteiger partial charge in [0.25, 0.3) is 5.91 Å². The fourth-order valence-electron chi connectivity index (χ4n) is 2.41. The number of benzene rings is 2. The Hall–Kier alpha value is -1.89. The number of nitrogens with one attached hydrogen (secondary N) is 2. The van der Waals surface area contributed by atoms with E-state index in [0.717, 1.165) is 5.56 Å². The van der Waals surface area contributed by atoms with Crippen LogP contribution in [0.4, 0.5) is 0 Å². The molecular weight excluding hydrogens is 372 g/mol. The molecule has 1 unspecified atom stereocenters. The molecule has 140 valence electrons. The molecule has 0 heterocycles. The zero-order valence-corrected chi connectivity index (χ0v) is 16.8. The van der Waals surface area contributed by atoms with Gasteiger partial charge in [-0.1, -0.05) is 41.9 Å². The molecule has 0 fully saturated rings. The average Bonchev–Trinajstić information content (AvgIpc) is 2.53. The van der Waals surface area contributed by atoms with Crippen molar-refractivity contribution in [3.8, 4) is 0 Å². The van der Waals surface area contributed by atoms with E-state index in [0.29, 0.717) is 0 Å². The Kier molecular flexibility index (Phi) is 6.11. The monoisotopic (exact) mass is 394 g/mol. The number of carbonyl (C=O) groups is 1. The lowest BCUT2D eigenvalue weighted by atomic mass is 10.1. The van der Waals surface area contributed by atoms with Crippen molar-refractivity contribution in [2.45, 2.75) is 44.2 Å². The first-order valence-corrected chi connectivity index (χ1v) is 10.0. The van der Waals surface area contributed by atoms with E-state index in [-0.39, 0.29) is 27.4 Å². The van der Waals surface area contributed by atoms with E-state index >= 15 is 0 Å². The fraction of sp³-hybridized carbons (Fsp3) is 0.316. The van der Waals surface area contributed by atoms with Crippen molar-refractivity contribution in [1.29, 1.82) is 0 Å². The van der Waals surface area contributed by atoms with E-state index in [2.05, 4.69) is 10.0 Å². The molecule has 5 nitrogen and oxygen atoms in total. The Bertz CT molecular complexity index is 891. The van der Waals surface area contributed by atoms with Crippen molar-refractivity contribution < 1.29 is 13.2 Å². The third-order valence-corrected chi connectivity index (χ3v) is 5.81. The number of carbonyl (C=O) groups excluding carboxylic acids is 1. The van der Waals surface area contributed by atoms with Crippen LogP contribution >= 0.6 is 11.6 Å². The maximum absolute atomic E-state index is 12.6. The van der Waals surface area contributed by atoms with Gasteiger partial charge in [-0.15, -0.1) is 0 Å². The third-order valence-electron chi connectivity index (χ3n) is 3.57. The Morgan fingerprint density at radius 2 is 1.69 bits per heavy atom. The lowest BCUT2D eigenvalue weighted by molar-refractivity contribution is 0.0939. The molecule has 0 saturated carbocycles. The summed E-state index contributed by atoms with van der Waals surface area (Å²) in [7, 11) is -3.85. The van der Waals surface area contributed by atoms with E-state index < -0.39 is 15.6 Å². The van der Waals surface area contributed by atoms with E-state index in [1.54, 1.807) is 20.8 Å². The molecule has 2 aromatic rings. The Balaban J connectivity index is 2.27. The quantitative estimate of drug-likeness (QED) is 0.807. The number of amides is 1. The summed E-state index contributed by atoms with van der Waals surface area (Å²) in [5.41, 5.74) is 0.519. The first-order valence-electron chi connectivity index (χ1n) is 8.19. The van der Waals surface area contributed by atoms with Crippen LogP contribution in [0.25, 0.3) is 0 Å². The van der Waals surface area contributed by atoms with Crippen molar-refractivity contribution >= 4 is 27.5 Å². The van der Waals surface area contributed by atoms with Crippen LogP contribution in [-0.4, -0.2) is 19.9 Å². The van der Waals surface area contributed by atoms with Crippen molar-refractivity contribution in [3.63, 3.8) is 0 Å². The van der Waals surface area contributed by atoms with Crippen LogP contribution in [0.3, 0.4) is 0 Å². The summed E-state index contributed by atoms with van der Waals surface area (Å²) in [6.07, 6.45) is 0. The largest absolute Gasteiger partial charge is 0.346 e. The fourth-order valence-corrected chi connectivity index (χ4v) is 4.36. The molecule has 2 rings (SSSR count). The van der Waals surface area contributed by atoms with E-state index in [1.165, 1.54) is 18.2 Å². The number of halogens is 1. The van der Waals surface area contributed by atoms with Gasteiger partial charge >= 0.3 is 0 Å². The molecule has 2 aromatic carbocycles. The van der Waals surface area contributed by atoms with Gasteiger partial charge in [0.1, 0.15) is 4.90 Å². The average molecular weight is 395 g/mol. The van der Waals surface area contributed by atoms with Crippen LogP contribution in [0.15, 0.2) is 53.4 Å². The van der Waals surface area contributed by atoms with Gasteiger partial charge in [-0.05, 0) is 51.5 Å². The van der Waals surface area contributed by atoms with Gasteiger partial charge in [0, 0.05) is 11.1 Å². The molecule has 26 heavy (non-hydrogen) atoms. The summed E-state index contributed by atoms with van der Waals surface area (Å²) in [5, 5.41) is 2.93. The summed E-state index contributed by atoms with van der Waals surface area (Å²) in [6.45, 7) is 7.06. The van der Waals surface area contributed by atoms with Gasteiger partial charge in [-0.3, -0.25) is 4.79 Å². The van der Waals surface area contributed by atoms with Crippen molar-refractivity contribution in [1.82, 2.24) is 10.0 Å². The van der Waals surface area contributed by atoms with Crippen molar-refractivity contribution in [2.24, 2.45) is 0 Å². The summed E-state index contributed by atoms with van der Waals surface area (Å²) in [6, 6.07) is 13.5. The summed E-state index contributed by atoms with van der Waals surface area (Å²) in [5.74, 6) is -0.370. The second-order valence-corrected chi connectivity index (χ2v) is 9.16. The molecule has 0 spiro atoms. The Morgan fingerprint density at radius 1 is 1.08 bits per heavy atom. The molecule has 0 aliphatic heterocycles. The molecule has 0 radical (unpaired) electrons. The van der Waals surface area contributed by atoms with Gasteiger partial charge in [0.2, 0.25) is 10.0 Å². The summed E-state index contributed by atoms with van der Waals surface area (Å²) in [4.78, 5) is 12.4. The standard InChI is InChI=1S/C19H23ClN2O3S/c1-13(14-8-6-5-7-9-14)21-18(23)15-10-11-16(20)17(12-15)26(24,25)22-19(2,3)4/h5-13,22H,1-4H3,(H,21,23). The highest BCUT2D eigenvalue weighted by molar-refractivity contribution is 7.89. The minimum atomic E-state index is -3.85. The van der Waals surface area contributed by atoms with Crippen molar-refractivity contribution in [2.75, 3.05) is 0 Å². The maximum Gasteiger partial charge on any atom is 0.251 e. The molecule has 0 bridgehead atoms. The number of hydrogen-bond acceptors (Lipinski definition) is 3. The van der Waals surface area contributed by atoms with Crippen LogP contribution in [0.2, 0.25) is 5.02 Å². The third kappa shape index (κ3) is 5.30. The SMILES string of the molecule is CC(NC(=O)c1ccc(Cl)c(S(=O)(=O)NC(C)(C)C)c1)c1ccccc1. The van der Waals surface area contributed by atoms with Crippen LogP contribution in [0.5, 0.6) is 0 Å². The smallest absolute Gasteiger partial charge is 0.251 e. The highest BCUT2D eigenvalue weighted by atomic mass is 35.5. The van der Waals surface area contributed by atoms with Crippen molar-refractivity contribution in [3.05, 3.63) is 64.7 Å². The molecule has 0 aromatic heterocycles. The molecule has 2 N–H and O–H groups in total. The van der Waals surface area contributed by atoms with Gasteiger partial charge in [-0.2, -0.15) is 0 Å². The zero-order chi connectivity index (χ0) is 19.5. The lowest BCUT2D eigenvalue weighted by Crippen LogP contribution is -2.40. The topological polar surface area (TPSA) is 75.3 Å². The molecule has 0 aliphatic rings. The summed E-state index contributed by atoms with van der Waals surface area (Å²) >= 11 is 6.07. The maximum atomic E-state index is 12.6. The predicted octanol–water partition coefficient (Wildman–Crippen LogP) is 3.91. The van der Waals surface area contributed by atoms with E-state index in [4.69, 9.17) is 11.6 Å². The van der Waals surface area contributed by atoms with Crippen LogP contribution < -0.4 is 10.0 Å². The molecule has 7 heteroatoms. The highest BCUT2D eigenvalue weighted by Crippen LogP contribution is 2.24. The second-order valence-electron chi connectivity index (χ2n) is 7.11. The molecule has 1 atom stereocenters. The predicted molar refractivity (Wildman–Crippen MR) is 104 cm³/mol. The second kappa shape index (κ2) is 7.78. The van der Waals surface area contributed by atoms with Gasteiger partial charge in [0.05, 0.1) is 11.1 Å². The highest BCUT2D eigenvalue weighted by Gasteiger charge is 2.25. The number of hydrogen-bond donors (Lipinski definition) is 2. The van der Waals surface area contributed by atoms with Gasteiger partial charge in [0.15, 0.2) is 0 Å². The molecular formula is C19H23ClN2O3S. The van der Waals surface area contributed by atoms with Crippen LogP contribution in [0.1, 0.15) is 49.7 Å². The minimum absolute atomic E-state index is 0.0643. The Morgan fingerprint density at radius 3 is 2.27 bits per heavy atom. The van der Waals surface area contributed by atoms with Gasteiger partial charge in [-0.25, -0.2) is 13.1 Å². The molecule has 1 amide bonds. The van der Waals surface area contributed by atoms with E-state index in [1.807, 2.05) is 37.3 Å². The number of sulfonamides is 1. The lowest BCUT2D eigenvalue weighted by Gasteiger charge is -2.21. The Labute approximate surface area is 159 Å². The zero-order valence-electron chi connectivity index (χ0n) is 15.2. The minimum Gasteiger partial charge on any atom is -0.346 e. The molecule has 0 aliphatic carbocycles. The normalized spacial score (nSPS) is 13.3. The van der Waals surface area contributed by atoms with Crippen LogP contribution in [0, 0.1) is 0 Å². The number of rotatable bonds is 5. The first-order chi connectivity index (χ1) is 12.0. The van der Waals surface area contributed by atoms with Crippen LogP contribution in [-0.2, 0) is 10.0 Å². The van der Waals surface area contributed by atoms with E-state index in [9.17, 15) is 13.2 Å². The first kappa shape index (κ1) is 20.4. The van der Waals surface area contributed by atoms with Gasteiger partial charge < -0.3 is 5.32 Å². The summed E-state index contributed by atoms with van der Waals surface area (Å²) < 4.78 is 27.7. The molecule has 0 saturated heterocycles.